The normalized spacial score (nSPS) is 52.9. The zero-order valence-electron chi connectivity index (χ0n) is 18.3. The summed E-state index contributed by atoms with van der Waals surface area (Å²) in [5.74, 6) is 2.21. The van der Waals surface area contributed by atoms with Crippen molar-refractivity contribution in [1.82, 2.24) is 0 Å². The fourth-order valence-corrected chi connectivity index (χ4v) is 8.65. The van der Waals surface area contributed by atoms with Crippen LogP contribution in [0.5, 0.6) is 0 Å². The Bertz CT molecular complexity index is 674. The molecule has 4 rings (SSSR count). The van der Waals surface area contributed by atoms with E-state index in [9.17, 15) is 14.7 Å². The highest BCUT2D eigenvalue weighted by Gasteiger charge is 2.68. The molecule has 0 aromatic heterocycles. The maximum atomic E-state index is 12.5. The van der Waals surface area contributed by atoms with Gasteiger partial charge in [-0.2, -0.15) is 0 Å². The predicted molar refractivity (Wildman–Crippen MR) is 107 cm³/mol. The first-order valence-electron chi connectivity index (χ1n) is 11.4. The lowest BCUT2D eigenvalue weighted by atomic mass is 9.44. The van der Waals surface area contributed by atoms with Crippen molar-refractivity contribution in [3.05, 3.63) is 0 Å². The van der Waals surface area contributed by atoms with E-state index in [1.54, 1.807) is 6.92 Å². The Morgan fingerprint density at radius 3 is 2.32 bits per heavy atom. The Balaban J connectivity index is 1.59. The van der Waals surface area contributed by atoms with E-state index in [1.807, 2.05) is 0 Å². The molecule has 9 atom stereocenters. The Labute approximate surface area is 169 Å². The molecule has 0 heterocycles. The summed E-state index contributed by atoms with van der Waals surface area (Å²) in [6.45, 7) is 9.87. The van der Waals surface area contributed by atoms with E-state index < -0.39 is 5.60 Å². The fraction of sp³-hybridized carbons (Fsp3) is 0.917. The van der Waals surface area contributed by atoms with Gasteiger partial charge in [-0.25, -0.2) is 0 Å². The monoisotopic (exact) mass is 390 g/mol. The molecule has 4 fully saturated rings. The first-order valence-corrected chi connectivity index (χ1v) is 11.4. The Hall–Kier alpha value is -0.900. The van der Waals surface area contributed by atoms with Gasteiger partial charge < -0.3 is 9.84 Å². The first kappa shape index (κ1) is 20.4. The molecule has 0 aromatic carbocycles. The average molecular weight is 391 g/mol. The number of esters is 1. The van der Waals surface area contributed by atoms with Crippen LogP contribution in [0, 0.1) is 40.4 Å². The van der Waals surface area contributed by atoms with Gasteiger partial charge in [-0.15, -0.1) is 0 Å². The van der Waals surface area contributed by atoms with Gasteiger partial charge >= 0.3 is 5.97 Å². The first-order chi connectivity index (χ1) is 13.0. The number of hydrogen-bond acceptors (Lipinski definition) is 4. The number of fused-ring (bicyclic) bond motifs is 5. The summed E-state index contributed by atoms with van der Waals surface area (Å²) in [7, 11) is 0. The topological polar surface area (TPSA) is 63.6 Å². The van der Waals surface area contributed by atoms with Crippen LogP contribution in [0.2, 0.25) is 0 Å². The van der Waals surface area contributed by atoms with Crippen LogP contribution in [0.3, 0.4) is 0 Å². The van der Waals surface area contributed by atoms with Gasteiger partial charge in [-0.1, -0.05) is 20.8 Å². The highest BCUT2D eigenvalue weighted by Crippen LogP contribution is 2.69. The van der Waals surface area contributed by atoms with E-state index in [0.717, 1.165) is 38.5 Å². The maximum Gasteiger partial charge on any atom is 0.302 e. The van der Waals surface area contributed by atoms with Gasteiger partial charge in [0.05, 0.1) is 0 Å². The molecule has 4 heteroatoms. The molecule has 0 amide bonds. The van der Waals surface area contributed by atoms with Gasteiger partial charge in [-0.05, 0) is 93.3 Å². The Morgan fingerprint density at radius 1 is 0.964 bits per heavy atom. The predicted octanol–water partition coefficient (Wildman–Crippen LogP) is 4.53. The number of carbonyl (C=O) groups is 2. The molecule has 4 aliphatic carbocycles. The summed E-state index contributed by atoms with van der Waals surface area (Å²) in [6.07, 6.45) is 8.64. The summed E-state index contributed by atoms with van der Waals surface area (Å²) >= 11 is 0. The number of ether oxygens (including phenoxy) is 1. The summed E-state index contributed by atoms with van der Waals surface area (Å²) in [6, 6.07) is 0. The molecule has 0 aromatic rings. The van der Waals surface area contributed by atoms with Crippen LogP contribution in [-0.4, -0.2) is 28.6 Å². The number of ketones is 1. The van der Waals surface area contributed by atoms with Crippen LogP contribution in [0.25, 0.3) is 0 Å². The molecular weight excluding hydrogens is 352 g/mol. The largest absolute Gasteiger partial charge is 0.463 e. The average Bonchev–Trinajstić information content (AvgIpc) is 2.83. The lowest BCUT2D eigenvalue weighted by molar-refractivity contribution is -0.178. The quantitative estimate of drug-likeness (QED) is 0.704. The number of carbonyl (C=O) groups excluding carboxylic acids is 2. The van der Waals surface area contributed by atoms with Crippen LogP contribution in [0.15, 0.2) is 0 Å². The van der Waals surface area contributed by atoms with Gasteiger partial charge in [-0.3, -0.25) is 9.59 Å². The summed E-state index contributed by atoms with van der Waals surface area (Å²) in [4.78, 5) is 23.9. The van der Waals surface area contributed by atoms with Crippen molar-refractivity contribution in [2.75, 3.05) is 0 Å². The van der Waals surface area contributed by atoms with Gasteiger partial charge in [0.2, 0.25) is 0 Å². The highest BCUT2D eigenvalue weighted by atomic mass is 16.5. The van der Waals surface area contributed by atoms with Crippen LogP contribution in [-0.2, 0) is 14.3 Å². The highest BCUT2D eigenvalue weighted by molar-refractivity contribution is 5.86. The molecule has 0 unspecified atom stereocenters. The van der Waals surface area contributed by atoms with E-state index in [2.05, 4.69) is 20.8 Å². The fourth-order valence-electron chi connectivity index (χ4n) is 8.65. The van der Waals surface area contributed by atoms with Crippen LogP contribution in [0.4, 0.5) is 0 Å². The van der Waals surface area contributed by atoms with Gasteiger partial charge in [0.1, 0.15) is 11.7 Å². The minimum absolute atomic E-state index is 0.0368. The lowest BCUT2D eigenvalue weighted by Crippen LogP contribution is -2.59. The molecule has 4 nitrogen and oxygen atoms in total. The second kappa shape index (κ2) is 6.55. The number of Topliss-reactive ketones (excluding diaryl/α,β-unsaturated/α-hetero) is 1. The molecule has 4 saturated carbocycles. The molecule has 0 radical (unpaired) electrons. The molecule has 0 saturated heterocycles. The summed E-state index contributed by atoms with van der Waals surface area (Å²) in [5, 5.41) is 11.5. The van der Waals surface area contributed by atoms with E-state index in [1.165, 1.54) is 19.8 Å². The third-order valence-electron chi connectivity index (χ3n) is 10.1. The second-order valence-corrected chi connectivity index (χ2v) is 11.1. The summed E-state index contributed by atoms with van der Waals surface area (Å²) in [5.41, 5.74) is -1.13. The van der Waals surface area contributed by atoms with Crippen molar-refractivity contribution in [3.8, 4) is 0 Å². The van der Waals surface area contributed by atoms with Gasteiger partial charge in [0.15, 0.2) is 5.78 Å². The molecule has 28 heavy (non-hydrogen) atoms. The second-order valence-electron chi connectivity index (χ2n) is 11.1. The molecule has 0 aliphatic heterocycles. The number of hydrogen-bond donors (Lipinski definition) is 1. The Morgan fingerprint density at radius 2 is 1.68 bits per heavy atom. The van der Waals surface area contributed by atoms with Crippen molar-refractivity contribution in [1.29, 1.82) is 0 Å². The van der Waals surface area contributed by atoms with E-state index in [0.29, 0.717) is 29.1 Å². The van der Waals surface area contributed by atoms with Crippen molar-refractivity contribution >= 4 is 11.8 Å². The van der Waals surface area contributed by atoms with Crippen molar-refractivity contribution in [2.24, 2.45) is 40.4 Å². The third-order valence-corrected chi connectivity index (χ3v) is 10.1. The molecule has 4 aliphatic rings. The van der Waals surface area contributed by atoms with Gasteiger partial charge in [0.25, 0.3) is 0 Å². The van der Waals surface area contributed by atoms with Crippen molar-refractivity contribution in [2.45, 2.75) is 97.7 Å². The zero-order valence-corrected chi connectivity index (χ0v) is 18.3. The standard InChI is InChI=1S/C24H38O4/c1-14-12-21-19-7-6-17-13-18(28-16(3)26)8-10-22(17,4)20(19)9-11-23(21,5)24(14,27)15(2)25/h14,17-21,27H,6-13H2,1-5H3/t14-,17+,18+,19-,20+,21+,22+,23+,24+/m1/s1. The molecule has 0 bridgehead atoms. The lowest BCUT2D eigenvalue weighted by Gasteiger charge is -2.61. The van der Waals surface area contributed by atoms with Gasteiger partial charge in [0, 0.05) is 12.3 Å². The molecular formula is C24H38O4. The number of aliphatic hydroxyl groups is 1. The Kier molecular flexibility index (Phi) is 4.77. The SMILES string of the molecule is CC(=O)O[C@H]1CC[C@@]2(C)[C@@H](CC[C@@H]3[C@@H]2CC[C@@]2(C)[C@H]3C[C@@H](C)[C@]2(O)C(C)=O)C1. The van der Waals surface area contributed by atoms with E-state index in [4.69, 9.17) is 4.74 Å². The van der Waals surface area contributed by atoms with Crippen molar-refractivity contribution in [3.63, 3.8) is 0 Å². The molecule has 1 N–H and O–H groups in total. The molecule has 0 spiro atoms. The van der Waals surface area contributed by atoms with E-state index in [-0.39, 0.29) is 29.2 Å². The zero-order chi connectivity index (χ0) is 20.5. The molecule has 158 valence electrons. The van der Waals surface area contributed by atoms with Crippen LogP contribution in [0.1, 0.15) is 86.0 Å². The van der Waals surface area contributed by atoms with Crippen molar-refractivity contribution < 1.29 is 19.4 Å². The minimum Gasteiger partial charge on any atom is -0.463 e. The number of rotatable bonds is 2. The van der Waals surface area contributed by atoms with E-state index >= 15 is 0 Å². The maximum absolute atomic E-state index is 12.5. The van der Waals surface area contributed by atoms with Crippen LogP contribution >= 0.6 is 0 Å². The minimum atomic E-state index is -1.16. The smallest absolute Gasteiger partial charge is 0.302 e. The third kappa shape index (κ3) is 2.58. The summed E-state index contributed by atoms with van der Waals surface area (Å²) < 4.78 is 5.56. The van der Waals surface area contributed by atoms with Crippen LogP contribution < -0.4 is 0 Å².